The number of methoxy groups -OCH3 is 1. The summed E-state index contributed by atoms with van der Waals surface area (Å²) >= 11 is 0. The average molecular weight is 500 g/mol. The first kappa shape index (κ1) is 23.1. The third kappa shape index (κ3) is 4.04. The monoisotopic (exact) mass is 499 g/mol. The lowest BCUT2D eigenvalue weighted by atomic mass is 9.92. The Labute approximate surface area is 206 Å². The molecule has 1 N–H and O–H groups in total. The smallest absolute Gasteiger partial charge is 0.242 e. The molecule has 1 aliphatic carbocycles. The average Bonchev–Trinajstić information content (AvgIpc) is 3.30. The van der Waals surface area contributed by atoms with Crippen molar-refractivity contribution in [3.8, 4) is 5.88 Å². The van der Waals surface area contributed by atoms with Gasteiger partial charge in [-0.15, -0.1) is 10.2 Å². The molecule has 0 spiro atoms. The summed E-state index contributed by atoms with van der Waals surface area (Å²) < 4.78 is 49.3. The lowest BCUT2D eigenvalue weighted by Gasteiger charge is -2.39. The summed E-state index contributed by atoms with van der Waals surface area (Å²) in [5.74, 6) is -1.81. The Morgan fingerprint density at radius 2 is 1.83 bits per heavy atom. The van der Waals surface area contributed by atoms with Crippen molar-refractivity contribution < 1.29 is 17.9 Å². The molecule has 3 aromatic rings. The van der Waals surface area contributed by atoms with Gasteiger partial charge in [-0.3, -0.25) is 0 Å². The first-order valence-corrected chi connectivity index (χ1v) is 12.5. The van der Waals surface area contributed by atoms with E-state index < -0.39 is 23.4 Å². The van der Waals surface area contributed by atoms with Crippen LogP contribution in [0.15, 0.2) is 24.4 Å². The number of rotatable bonds is 5. The summed E-state index contributed by atoms with van der Waals surface area (Å²) in [6.07, 6.45) is 6.27. The maximum atomic E-state index is 14.7. The summed E-state index contributed by atoms with van der Waals surface area (Å²) in [5, 5.41) is 16.3. The Bertz CT molecular complexity index is 1250. The van der Waals surface area contributed by atoms with E-state index in [9.17, 15) is 13.2 Å². The summed E-state index contributed by atoms with van der Waals surface area (Å²) in [6, 6.07) is 4.45. The maximum Gasteiger partial charge on any atom is 0.242 e. The molecule has 1 unspecified atom stereocenters. The van der Waals surface area contributed by atoms with E-state index in [1.807, 2.05) is 6.07 Å². The van der Waals surface area contributed by atoms with E-state index in [0.29, 0.717) is 42.5 Å². The predicted molar refractivity (Wildman–Crippen MR) is 126 cm³/mol. The second-order valence-corrected chi connectivity index (χ2v) is 9.96. The molecule has 8 nitrogen and oxygen atoms in total. The number of aryl methyl sites for hydroxylation is 1. The van der Waals surface area contributed by atoms with Crippen molar-refractivity contribution in [1.29, 1.82) is 0 Å². The Hall–Kier alpha value is -3.37. The van der Waals surface area contributed by atoms with Crippen LogP contribution in [0.3, 0.4) is 0 Å². The molecule has 6 rings (SSSR count). The number of hydrogen-bond donors (Lipinski definition) is 1. The SMILES string of the molecule is COc1cc(N2CC3CC[C@@H](C2)[C@@H]3Nc2nc3n(n2)CCCC[C@H]3c2ccc(F)c(F)c2F)cnn1. The van der Waals surface area contributed by atoms with Gasteiger partial charge in [-0.1, -0.05) is 12.5 Å². The number of piperidine rings is 1. The van der Waals surface area contributed by atoms with Crippen LogP contribution in [0, 0.1) is 29.3 Å². The number of aromatic nitrogens is 5. The zero-order valence-corrected chi connectivity index (χ0v) is 20.0. The van der Waals surface area contributed by atoms with Crippen molar-refractivity contribution in [3.63, 3.8) is 0 Å². The van der Waals surface area contributed by atoms with Crippen LogP contribution >= 0.6 is 0 Å². The summed E-state index contributed by atoms with van der Waals surface area (Å²) in [7, 11) is 1.58. The molecule has 2 fully saturated rings. The van der Waals surface area contributed by atoms with Gasteiger partial charge in [-0.2, -0.15) is 10.1 Å². The molecule has 3 aliphatic rings. The minimum Gasteiger partial charge on any atom is -0.480 e. The second kappa shape index (κ2) is 9.25. The van der Waals surface area contributed by atoms with Crippen LogP contribution < -0.4 is 15.0 Å². The molecule has 11 heteroatoms. The highest BCUT2D eigenvalue weighted by molar-refractivity contribution is 5.48. The minimum atomic E-state index is -1.44. The molecule has 1 aromatic carbocycles. The van der Waals surface area contributed by atoms with Gasteiger partial charge >= 0.3 is 0 Å². The van der Waals surface area contributed by atoms with E-state index in [1.54, 1.807) is 18.0 Å². The molecule has 2 aromatic heterocycles. The molecule has 36 heavy (non-hydrogen) atoms. The highest BCUT2D eigenvalue weighted by Gasteiger charge is 2.43. The van der Waals surface area contributed by atoms with Gasteiger partial charge in [0.2, 0.25) is 11.8 Å². The number of benzene rings is 1. The fourth-order valence-electron chi connectivity index (χ4n) is 6.11. The molecule has 0 amide bonds. The highest BCUT2D eigenvalue weighted by atomic mass is 19.2. The second-order valence-electron chi connectivity index (χ2n) is 9.96. The van der Waals surface area contributed by atoms with Crippen LogP contribution in [0.5, 0.6) is 5.88 Å². The van der Waals surface area contributed by atoms with Gasteiger partial charge in [-0.05, 0) is 43.6 Å². The van der Waals surface area contributed by atoms with Gasteiger partial charge < -0.3 is 15.0 Å². The highest BCUT2D eigenvalue weighted by Crippen LogP contribution is 2.41. The van der Waals surface area contributed by atoms with Crippen LogP contribution in [0.2, 0.25) is 0 Å². The molecule has 4 atom stereocenters. The van der Waals surface area contributed by atoms with E-state index in [0.717, 1.165) is 50.5 Å². The molecule has 1 saturated heterocycles. The Morgan fingerprint density at radius 3 is 2.61 bits per heavy atom. The third-order valence-corrected chi connectivity index (χ3v) is 7.89. The van der Waals surface area contributed by atoms with Crippen LogP contribution in [0.1, 0.15) is 49.4 Å². The number of anilines is 2. The van der Waals surface area contributed by atoms with Gasteiger partial charge in [-0.25, -0.2) is 17.9 Å². The van der Waals surface area contributed by atoms with Crippen molar-refractivity contribution in [1.82, 2.24) is 25.0 Å². The molecular formula is C25H28F3N7O. The number of halogens is 3. The normalized spacial score (nSPS) is 25.4. The predicted octanol–water partition coefficient (Wildman–Crippen LogP) is 4.14. The van der Waals surface area contributed by atoms with E-state index in [1.165, 1.54) is 6.07 Å². The van der Waals surface area contributed by atoms with E-state index >= 15 is 0 Å². The topological polar surface area (TPSA) is 81.0 Å². The first-order valence-electron chi connectivity index (χ1n) is 12.5. The number of nitrogens with zero attached hydrogens (tertiary/aromatic N) is 6. The molecular weight excluding hydrogens is 471 g/mol. The van der Waals surface area contributed by atoms with E-state index in [4.69, 9.17) is 14.8 Å². The van der Waals surface area contributed by atoms with Crippen molar-refractivity contribution in [2.45, 2.75) is 50.6 Å². The van der Waals surface area contributed by atoms with Gasteiger partial charge in [0.1, 0.15) is 5.82 Å². The lowest BCUT2D eigenvalue weighted by molar-refractivity contribution is 0.372. The third-order valence-electron chi connectivity index (χ3n) is 7.89. The number of ether oxygens (including phenoxy) is 1. The van der Waals surface area contributed by atoms with E-state index in [2.05, 4.69) is 20.4 Å². The van der Waals surface area contributed by atoms with Crippen LogP contribution in [-0.2, 0) is 6.54 Å². The Kier molecular flexibility index (Phi) is 5.93. The molecule has 4 heterocycles. The standard InChI is InChI=1S/C25H28F3N7O/c1-36-20-10-16(11-29-32-20)34-12-14-5-6-15(13-34)23(14)30-25-31-24-18(4-2-3-9-35(24)33-25)17-7-8-19(26)22(28)21(17)27/h7-8,10-11,14-15,18,23H,2-6,9,12-13H2,1H3,(H,30,33)/t14-,15?,18-,23-/m0/s1. The van der Waals surface area contributed by atoms with Crippen molar-refractivity contribution in [2.75, 3.05) is 30.4 Å². The summed E-state index contributed by atoms with van der Waals surface area (Å²) in [5.41, 5.74) is 1.13. The number of nitrogens with one attached hydrogen (secondary N) is 1. The zero-order valence-electron chi connectivity index (χ0n) is 20.0. The Morgan fingerprint density at radius 1 is 1.03 bits per heavy atom. The van der Waals surface area contributed by atoms with Crippen molar-refractivity contribution in [2.24, 2.45) is 11.8 Å². The fraction of sp³-hybridized carbons (Fsp3) is 0.520. The van der Waals surface area contributed by atoms with Gasteiger partial charge in [0.05, 0.1) is 19.0 Å². The van der Waals surface area contributed by atoms with Crippen LogP contribution in [0.4, 0.5) is 24.8 Å². The first-order chi connectivity index (χ1) is 17.5. The zero-order chi connectivity index (χ0) is 24.8. The number of hydrogen-bond acceptors (Lipinski definition) is 7. The molecule has 190 valence electrons. The summed E-state index contributed by atoms with van der Waals surface area (Å²) in [4.78, 5) is 7.09. The van der Waals surface area contributed by atoms with Crippen LogP contribution in [-0.4, -0.2) is 51.2 Å². The number of fused-ring (bicyclic) bond motifs is 3. The van der Waals surface area contributed by atoms with Crippen molar-refractivity contribution >= 4 is 11.6 Å². The maximum absolute atomic E-state index is 14.7. The largest absolute Gasteiger partial charge is 0.480 e. The lowest BCUT2D eigenvalue weighted by Crippen LogP contribution is -2.48. The van der Waals surface area contributed by atoms with Gasteiger partial charge in [0.25, 0.3) is 0 Å². The van der Waals surface area contributed by atoms with E-state index in [-0.39, 0.29) is 11.6 Å². The Balaban J connectivity index is 1.23. The van der Waals surface area contributed by atoms with Gasteiger partial charge in [0, 0.05) is 43.2 Å². The van der Waals surface area contributed by atoms with Crippen molar-refractivity contribution in [3.05, 3.63) is 53.2 Å². The molecule has 0 radical (unpaired) electrons. The molecule has 2 aliphatic heterocycles. The summed E-state index contributed by atoms with van der Waals surface area (Å²) in [6.45, 7) is 2.41. The quantitative estimate of drug-likeness (QED) is 0.529. The van der Waals surface area contributed by atoms with Crippen LogP contribution in [0.25, 0.3) is 0 Å². The molecule has 1 saturated carbocycles. The van der Waals surface area contributed by atoms with Gasteiger partial charge in [0.15, 0.2) is 17.5 Å². The minimum absolute atomic E-state index is 0.130. The molecule has 2 bridgehead atoms. The fourth-order valence-corrected chi connectivity index (χ4v) is 6.11.